The van der Waals surface area contributed by atoms with Crippen LogP contribution in [0.4, 0.5) is 4.79 Å². The number of carbonyl (C=O) groups excluding carboxylic acids is 1. The van der Waals surface area contributed by atoms with Gasteiger partial charge in [-0.1, -0.05) is 30.3 Å². The summed E-state index contributed by atoms with van der Waals surface area (Å²) >= 11 is 0. The van der Waals surface area contributed by atoms with Gasteiger partial charge in [0.25, 0.3) is 0 Å². The monoisotopic (exact) mass is 427 g/mol. The summed E-state index contributed by atoms with van der Waals surface area (Å²) in [4.78, 5) is 15.0. The first kappa shape index (κ1) is 19.9. The molecule has 0 radical (unpaired) electrons. The summed E-state index contributed by atoms with van der Waals surface area (Å²) in [6.45, 7) is 2.43. The smallest absolute Gasteiger partial charge is 0.318 e. The molecule has 0 aliphatic carbocycles. The number of aryl methyl sites for hydroxylation is 1. The highest BCUT2D eigenvalue weighted by atomic mass is 16.5. The van der Waals surface area contributed by atoms with Crippen LogP contribution in [0.1, 0.15) is 28.6 Å². The van der Waals surface area contributed by atoms with Crippen molar-refractivity contribution in [2.45, 2.75) is 19.5 Å². The second kappa shape index (κ2) is 7.92. The van der Waals surface area contributed by atoms with Crippen LogP contribution in [0.3, 0.4) is 0 Å². The van der Waals surface area contributed by atoms with Crippen LogP contribution in [-0.4, -0.2) is 39.4 Å². The Hall–Kier alpha value is -4.00. The van der Waals surface area contributed by atoms with E-state index in [0.29, 0.717) is 6.54 Å². The van der Waals surface area contributed by atoms with Crippen molar-refractivity contribution in [2.24, 2.45) is 0 Å². The summed E-state index contributed by atoms with van der Waals surface area (Å²) in [6.07, 6.45) is 2.04. The van der Waals surface area contributed by atoms with Gasteiger partial charge in [0, 0.05) is 18.8 Å². The number of methoxy groups -OCH3 is 1. The molecule has 2 amide bonds. The Labute approximate surface area is 186 Å². The Morgan fingerprint density at radius 3 is 2.50 bits per heavy atom. The van der Waals surface area contributed by atoms with E-state index >= 15 is 0 Å². The van der Waals surface area contributed by atoms with Crippen molar-refractivity contribution in [3.63, 3.8) is 0 Å². The van der Waals surface area contributed by atoms with Gasteiger partial charge in [0.1, 0.15) is 11.6 Å². The lowest BCUT2D eigenvalue weighted by molar-refractivity contribution is 0.182. The van der Waals surface area contributed by atoms with Crippen LogP contribution >= 0.6 is 0 Å². The number of benzene rings is 2. The molecule has 3 heterocycles. The highest BCUT2D eigenvalue weighted by Crippen LogP contribution is 2.38. The summed E-state index contributed by atoms with van der Waals surface area (Å²) < 4.78 is 9.46. The summed E-state index contributed by atoms with van der Waals surface area (Å²) in [5.41, 5.74) is 4.90. The lowest BCUT2D eigenvalue weighted by Crippen LogP contribution is -2.40. The summed E-state index contributed by atoms with van der Waals surface area (Å²) in [5.74, 6) is 1.74. The van der Waals surface area contributed by atoms with Crippen molar-refractivity contribution < 1.29 is 9.53 Å². The topological polar surface area (TPSA) is 64.3 Å². The first-order valence-corrected chi connectivity index (χ1v) is 10.6. The van der Waals surface area contributed by atoms with Crippen LogP contribution in [0.25, 0.3) is 11.5 Å². The second-order valence-electron chi connectivity index (χ2n) is 7.80. The molecule has 7 nitrogen and oxygen atoms in total. The number of hydrogen-bond acceptors (Lipinski definition) is 3. The maximum absolute atomic E-state index is 13.1. The molecule has 1 atom stereocenters. The minimum atomic E-state index is -0.271. The van der Waals surface area contributed by atoms with E-state index in [4.69, 9.17) is 9.84 Å². The molecular formula is C25H25N5O2. The largest absolute Gasteiger partial charge is 0.497 e. The molecule has 0 fully saturated rings. The predicted molar refractivity (Wildman–Crippen MR) is 122 cm³/mol. The Bertz CT molecular complexity index is 1260. The van der Waals surface area contributed by atoms with E-state index in [1.54, 1.807) is 14.2 Å². The number of hydrogen-bond donors (Lipinski definition) is 1. The van der Waals surface area contributed by atoms with Gasteiger partial charge in [-0.3, -0.25) is 0 Å². The number of nitrogens with zero attached hydrogens (tertiary/aromatic N) is 4. The maximum atomic E-state index is 13.1. The number of ether oxygens (including phenoxy) is 1. The molecule has 0 spiro atoms. The van der Waals surface area contributed by atoms with Crippen molar-refractivity contribution in [1.82, 2.24) is 24.6 Å². The third kappa shape index (κ3) is 3.13. The van der Waals surface area contributed by atoms with Crippen LogP contribution in [0.2, 0.25) is 0 Å². The third-order valence-corrected chi connectivity index (χ3v) is 5.99. The van der Waals surface area contributed by atoms with Gasteiger partial charge in [-0.25, -0.2) is 9.48 Å². The minimum absolute atomic E-state index is 0.140. The molecule has 32 heavy (non-hydrogen) atoms. The first-order valence-electron chi connectivity index (χ1n) is 10.6. The normalized spacial score (nSPS) is 15.0. The van der Waals surface area contributed by atoms with Gasteiger partial charge in [-0.15, -0.1) is 0 Å². The van der Waals surface area contributed by atoms with Crippen molar-refractivity contribution in [1.29, 1.82) is 0 Å². The number of aromatic nitrogens is 3. The zero-order chi connectivity index (χ0) is 22.2. The Morgan fingerprint density at radius 1 is 1.06 bits per heavy atom. The van der Waals surface area contributed by atoms with E-state index < -0.39 is 0 Å². The highest BCUT2D eigenvalue weighted by molar-refractivity contribution is 5.75. The zero-order valence-electron chi connectivity index (χ0n) is 18.3. The lowest BCUT2D eigenvalue weighted by Gasteiger charge is -2.30. The van der Waals surface area contributed by atoms with Crippen molar-refractivity contribution >= 4 is 6.03 Å². The van der Waals surface area contributed by atoms with E-state index in [-0.39, 0.29) is 12.1 Å². The van der Waals surface area contributed by atoms with E-state index in [0.717, 1.165) is 39.8 Å². The van der Waals surface area contributed by atoms with E-state index in [1.807, 2.05) is 83.4 Å². The molecule has 1 N–H and O–H groups in total. The average Bonchev–Trinajstić information content (AvgIpc) is 3.40. The predicted octanol–water partition coefficient (Wildman–Crippen LogP) is 4.22. The molecule has 2 aromatic heterocycles. The van der Waals surface area contributed by atoms with Gasteiger partial charge in [0.2, 0.25) is 0 Å². The lowest BCUT2D eigenvalue weighted by atomic mass is 10.0. The molecule has 2 aromatic carbocycles. The van der Waals surface area contributed by atoms with Crippen molar-refractivity contribution in [3.05, 3.63) is 95.4 Å². The zero-order valence-corrected chi connectivity index (χ0v) is 18.3. The fourth-order valence-electron chi connectivity index (χ4n) is 4.43. The number of fused-ring (bicyclic) bond motifs is 3. The van der Waals surface area contributed by atoms with Gasteiger partial charge < -0.3 is 19.5 Å². The molecule has 5 rings (SSSR count). The summed E-state index contributed by atoms with van der Waals surface area (Å²) in [7, 11) is 3.32. The van der Waals surface area contributed by atoms with E-state index in [2.05, 4.69) is 16.0 Å². The van der Waals surface area contributed by atoms with Crippen molar-refractivity contribution in [3.8, 4) is 17.3 Å². The number of carbonyl (C=O) groups is 1. The van der Waals surface area contributed by atoms with E-state index in [9.17, 15) is 4.79 Å². The number of amides is 2. The van der Waals surface area contributed by atoms with Crippen LogP contribution in [0.15, 0.2) is 72.9 Å². The molecule has 1 aliphatic heterocycles. The Kier molecular flexibility index (Phi) is 4.93. The summed E-state index contributed by atoms with van der Waals surface area (Å²) in [6, 6.07) is 21.6. The van der Waals surface area contributed by atoms with Gasteiger partial charge >= 0.3 is 6.03 Å². The van der Waals surface area contributed by atoms with Crippen LogP contribution in [0, 0.1) is 6.92 Å². The molecule has 162 valence electrons. The van der Waals surface area contributed by atoms with Gasteiger partial charge in [-0.2, -0.15) is 5.10 Å². The van der Waals surface area contributed by atoms with Gasteiger partial charge in [-0.05, 0) is 48.9 Å². The van der Waals surface area contributed by atoms with Crippen molar-refractivity contribution in [2.75, 3.05) is 14.2 Å². The number of urea groups is 1. The molecule has 1 aliphatic rings. The summed E-state index contributed by atoms with van der Waals surface area (Å²) in [5, 5.41) is 7.67. The van der Waals surface area contributed by atoms with Gasteiger partial charge in [0.05, 0.1) is 36.8 Å². The molecule has 0 bridgehead atoms. The minimum Gasteiger partial charge on any atom is -0.497 e. The Morgan fingerprint density at radius 2 is 1.81 bits per heavy atom. The second-order valence-corrected chi connectivity index (χ2v) is 7.80. The molecule has 7 heteroatoms. The van der Waals surface area contributed by atoms with Crippen LogP contribution in [-0.2, 0) is 6.54 Å². The highest BCUT2D eigenvalue weighted by Gasteiger charge is 2.35. The third-order valence-electron chi connectivity index (χ3n) is 5.99. The van der Waals surface area contributed by atoms with Gasteiger partial charge in [0.15, 0.2) is 0 Å². The maximum Gasteiger partial charge on any atom is 0.318 e. The number of nitrogens with one attached hydrogen (secondary N) is 1. The fraction of sp³-hybridized carbons (Fsp3) is 0.200. The average molecular weight is 428 g/mol. The number of rotatable bonds is 3. The number of para-hydroxylation sites is 1. The molecule has 0 saturated carbocycles. The molecule has 4 aromatic rings. The molecule has 0 unspecified atom stereocenters. The molecule has 0 saturated heterocycles. The van der Waals surface area contributed by atoms with Crippen LogP contribution < -0.4 is 10.1 Å². The SMILES string of the molecule is CNC(=O)N1Cc2c(C)nn(-c3ccccc3)c2-n2cccc2[C@@H]1c1ccc(OC)cc1. The first-order chi connectivity index (χ1) is 15.6. The van der Waals surface area contributed by atoms with Crippen LogP contribution in [0.5, 0.6) is 5.75 Å². The Balaban J connectivity index is 1.75. The molecular weight excluding hydrogens is 402 g/mol. The van der Waals surface area contributed by atoms with E-state index in [1.165, 1.54) is 0 Å². The quantitative estimate of drug-likeness (QED) is 0.532. The standard InChI is InChI=1S/C25H25N5O2/c1-17-21-16-29(25(31)26-2)23(18-11-13-20(32-3)14-12-18)22-10-7-15-28(22)24(21)30(27-17)19-8-5-4-6-9-19/h4-15,23H,16H2,1-3H3,(H,26,31)/t23-/m0/s1. The fourth-order valence-corrected chi connectivity index (χ4v) is 4.43.